The number of rotatable bonds is 6. The van der Waals surface area contributed by atoms with Gasteiger partial charge in [0.1, 0.15) is 5.01 Å². The highest BCUT2D eigenvalue weighted by atomic mass is 32.2. The SMILES string of the molecule is O=c1c2ccccc2c(-c2nnc(SCc3nc4ccccc4s3)o2)nn1Cc1ccccc1. The zero-order valence-electron chi connectivity index (χ0n) is 17.8. The molecule has 9 heteroatoms. The number of aromatic nitrogens is 5. The minimum Gasteiger partial charge on any atom is -0.409 e. The summed E-state index contributed by atoms with van der Waals surface area (Å²) < 4.78 is 8.56. The van der Waals surface area contributed by atoms with Crippen LogP contribution in [0.3, 0.4) is 0 Å². The normalized spacial score (nSPS) is 11.4. The van der Waals surface area contributed by atoms with Crippen LogP contribution in [0.15, 0.2) is 93.3 Å². The van der Waals surface area contributed by atoms with E-state index < -0.39 is 0 Å². The molecule has 6 aromatic rings. The fourth-order valence-corrected chi connectivity index (χ4v) is 5.45. The van der Waals surface area contributed by atoms with Crippen molar-refractivity contribution >= 4 is 44.1 Å². The Morgan fingerprint density at radius 2 is 1.65 bits per heavy atom. The maximum atomic E-state index is 13.1. The fourth-order valence-electron chi connectivity index (χ4n) is 3.73. The summed E-state index contributed by atoms with van der Waals surface area (Å²) in [5.41, 5.74) is 2.31. The summed E-state index contributed by atoms with van der Waals surface area (Å²) >= 11 is 3.08. The Labute approximate surface area is 202 Å². The number of hydrogen-bond acceptors (Lipinski definition) is 8. The minimum atomic E-state index is -0.159. The molecule has 0 saturated heterocycles. The van der Waals surface area contributed by atoms with Crippen molar-refractivity contribution in [2.75, 3.05) is 0 Å². The van der Waals surface area contributed by atoms with Gasteiger partial charge in [0.2, 0.25) is 0 Å². The van der Waals surface area contributed by atoms with Crippen molar-refractivity contribution < 1.29 is 4.42 Å². The monoisotopic (exact) mass is 483 g/mol. The number of hydrogen-bond donors (Lipinski definition) is 0. The molecule has 7 nitrogen and oxygen atoms in total. The molecular formula is C25H17N5O2S2. The van der Waals surface area contributed by atoms with Gasteiger partial charge in [-0.25, -0.2) is 9.67 Å². The van der Waals surface area contributed by atoms with Crippen LogP contribution in [-0.4, -0.2) is 25.0 Å². The minimum absolute atomic E-state index is 0.159. The summed E-state index contributed by atoms with van der Waals surface area (Å²) in [6, 6.07) is 25.2. The van der Waals surface area contributed by atoms with Crippen LogP contribution in [0.2, 0.25) is 0 Å². The van der Waals surface area contributed by atoms with Gasteiger partial charge in [-0.1, -0.05) is 72.4 Å². The number of nitrogens with zero attached hydrogens (tertiary/aromatic N) is 5. The Kier molecular flexibility index (Phi) is 5.40. The summed E-state index contributed by atoms with van der Waals surface area (Å²) in [5.74, 6) is 0.910. The Balaban J connectivity index is 1.32. The first kappa shape index (κ1) is 20.8. The topological polar surface area (TPSA) is 86.7 Å². The zero-order valence-corrected chi connectivity index (χ0v) is 19.4. The van der Waals surface area contributed by atoms with Crippen molar-refractivity contribution in [1.29, 1.82) is 0 Å². The standard InChI is InChI=1S/C25H17N5O2S2/c31-24-18-11-5-4-10-17(18)22(29-30(24)14-16-8-2-1-3-9-16)23-27-28-25(32-23)33-15-21-26-19-12-6-7-13-20(19)34-21/h1-13H,14-15H2. The first-order valence-corrected chi connectivity index (χ1v) is 12.4. The number of thioether (sulfide) groups is 1. The van der Waals surface area contributed by atoms with Gasteiger partial charge in [-0.05, 0) is 23.8 Å². The van der Waals surface area contributed by atoms with E-state index in [1.54, 1.807) is 17.4 Å². The van der Waals surface area contributed by atoms with Crippen molar-refractivity contribution in [3.63, 3.8) is 0 Å². The van der Waals surface area contributed by atoms with Crippen LogP contribution in [0.25, 0.3) is 32.6 Å². The Morgan fingerprint density at radius 3 is 2.50 bits per heavy atom. The Morgan fingerprint density at radius 1 is 0.882 bits per heavy atom. The largest absolute Gasteiger partial charge is 0.409 e. The first-order valence-electron chi connectivity index (χ1n) is 10.6. The molecule has 0 amide bonds. The van der Waals surface area contributed by atoms with Crippen LogP contribution >= 0.6 is 23.1 Å². The molecular weight excluding hydrogens is 466 g/mol. The van der Waals surface area contributed by atoms with E-state index in [0.717, 1.165) is 20.8 Å². The Bertz CT molecular complexity index is 1640. The van der Waals surface area contributed by atoms with Crippen LogP contribution in [-0.2, 0) is 12.3 Å². The third-order valence-corrected chi connectivity index (χ3v) is 7.36. The van der Waals surface area contributed by atoms with E-state index in [2.05, 4.69) is 26.3 Å². The summed E-state index contributed by atoms with van der Waals surface area (Å²) in [7, 11) is 0. The lowest BCUT2D eigenvalue weighted by molar-refractivity contribution is 0.462. The van der Waals surface area contributed by atoms with Crippen molar-refractivity contribution in [3.05, 3.63) is 99.8 Å². The molecule has 3 heterocycles. The molecule has 0 atom stereocenters. The van der Waals surface area contributed by atoms with Crippen LogP contribution in [0.1, 0.15) is 10.6 Å². The van der Waals surface area contributed by atoms with E-state index >= 15 is 0 Å². The third kappa shape index (κ3) is 4.00. The Hall–Kier alpha value is -3.82. The first-order chi connectivity index (χ1) is 16.7. The van der Waals surface area contributed by atoms with Crippen LogP contribution in [0.4, 0.5) is 0 Å². The van der Waals surface area contributed by atoms with Gasteiger partial charge >= 0.3 is 0 Å². The molecule has 3 aromatic heterocycles. The second-order valence-electron chi connectivity index (χ2n) is 7.58. The zero-order chi connectivity index (χ0) is 22.9. The van der Waals surface area contributed by atoms with E-state index in [0.29, 0.717) is 34.0 Å². The molecule has 0 aliphatic heterocycles. The quantitative estimate of drug-likeness (QED) is 0.293. The van der Waals surface area contributed by atoms with Crippen molar-refractivity contribution in [3.8, 4) is 11.6 Å². The number of thiazole rings is 1. The third-order valence-electron chi connectivity index (χ3n) is 5.31. The lowest BCUT2D eigenvalue weighted by Gasteiger charge is -2.09. The summed E-state index contributed by atoms with van der Waals surface area (Å²) in [5, 5.41) is 15.7. The molecule has 0 spiro atoms. The molecule has 0 aliphatic carbocycles. The van der Waals surface area contributed by atoms with Gasteiger partial charge in [0, 0.05) is 5.39 Å². The summed E-state index contributed by atoms with van der Waals surface area (Å²) in [6.07, 6.45) is 0. The molecule has 0 radical (unpaired) electrons. The van der Waals surface area contributed by atoms with Gasteiger partial charge in [-0.3, -0.25) is 4.79 Å². The van der Waals surface area contributed by atoms with Gasteiger partial charge < -0.3 is 4.42 Å². The van der Waals surface area contributed by atoms with E-state index in [1.165, 1.54) is 16.4 Å². The molecule has 0 bridgehead atoms. The van der Waals surface area contributed by atoms with Gasteiger partial charge in [0.05, 0.1) is 27.9 Å². The highest BCUT2D eigenvalue weighted by Gasteiger charge is 2.18. The summed E-state index contributed by atoms with van der Waals surface area (Å²) in [6.45, 7) is 0.352. The molecule has 166 valence electrons. The van der Waals surface area contributed by atoms with E-state index in [1.807, 2.05) is 66.7 Å². The molecule has 0 aliphatic rings. The van der Waals surface area contributed by atoms with Crippen molar-refractivity contribution in [2.45, 2.75) is 17.5 Å². The van der Waals surface area contributed by atoms with Gasteiger partial charge in [-0.15, -0.1) is 21.5 Å². The lowest BCUT2D eigenvalue weighted by Crippen LogP contribution is -2.24. The number of fused-ring (bicyclic) bond motifs is 2. The van der Waals surface area contributed by atoms with Crippen molar-refractivity contribution in [1.82, 2.24) is 25.0 Å². The second kappa shape index (κ2) is 8.85. The smallest absolute Gasteiger partial charge is 0.277 e. The molecule has 6 rings (SSSR count). The molecule has 0 saturated carbocycles. The van der Waals surface area contributed by atoms with Gasteiger partial charge in [-0.2, -0.15) is 5.10 Å². The predicted molar refractivity (Wildman–Crippen MR) is 134 cm³/mol. The maximum Gasteiger partial charge on any atom is 0.277 e. The van der Waals surface area contributed by atoms with Crippen LogP contribution in [0.5, 0.6) is 0 Å². The number of benzene rings is 3. The van der Waals surface area contributed by atoms with E-state index in [9.17, 15) is 4.79 Å². The van der Waals surface area contributed by atoms with Gasteiger partial charge in [0.15, 0.2) is 5.69 Å². The molecule has 3 aromatic carbocycles. The molecule has 0 unspecified atom stereocenters. The van der Waals surface area contributed by atoms with Crippen LogP contribution in [0, 0.1) is 0 Å². The van der Waals surface area contributed by atoms with Crippen LogP contribution < -0.4 is 5.56 Å². The van der Waals surface area contributed by atoms with Gasteiger partial charge in [0.25, 0.3) is 16.7 Å². The lowest BCUT2D eigenvalue weighted by atomic mass is 10.1. The number of para-hydroxylation sites is 1. The second-order valence-corrected chi connectivity index (χ2v) is 9.62. The average molecular weight is 484 g/mol. The van der Waals surface area contributed by atoms with Crippen molar-refractivity contribution in [2.24, 2.45) is 0 Å². The highest BCUT2D eigenvalue weighted by Crippen LogP contribution is 2.30. The average Bonchev–Trinajstić information content (AvgIpc) is 3.52. The fraction of sp³-hybridized carbons (Fsp3) is 0.0800. The highest BCUT2D eigenvalue weighted by molar-refractivity contribution is 7.98. The van der Waals surface area contributed by atoms with E-state index in [-0.39, 0.29) is 11.4 Å². The summed E-state index contributed by atoms with van der Waals surface area (Å²) in [4.78, 5) is 17.7. The van der Waals surface area contributed by atoms with E-state index in [4.69, 9.17) is 4.42 Å². The predicted octanol–water partition coefficient (Wildman–Crippen LogP) is 5.40. The molecule has 0 N–H and O–H groups in total. The molecule has 34 heavy (non-hydrogen) atoms. The maximum absolute atomic E-state index is 13.1. The molecule has 0 fully saturated rings.